The number of fused-ring (bicyclic) bond motifs is 1. The van der Waals surface area contributed by atoms with Gasteiger partial charge in [-0.1, -0.05) is 11.6 Å². The van der Waals surface area contributed by atoms with Crippen molar-refractivity contribution in [3.8, 4) is 11.5 Å². The summed E-state index contributed by atoms with van der Waals surface area (Å²) in [6.45, 7) is 1.18. The van der Waals surface area contributed by atoms with Crippen LogP contribution in [-0.2, 0) is 14.3 Å². The summed E-state index contributed by atoms with van der Waals surface area (Å²) in [5.41, 5.74) is 6.72. The first kappa shape index (κ1) is 15.9. The van der Waals surface area contributed by atoms with Crippen LogP contribution in [0.1, 0.15) is 18.0 Å². The van der Waals surface area contributed by atoms with Crippen molar-refractivity contribution in [2.24, 2.45) is 5.73 Å². The highest BCUT2D eigenvalue weighted by Gasteiger charge is 2.18. The molecule has 2 rings (SSSR count). The number of methoxy groups -OCH3 is 1. The standard InChI is InChI=1S/C14H18ClNO5/c1-18-14(17)8-19-7-11(16)9-5-12-13(6-10(9)15)21-4-2-3-20-12/h5-6,11H,2-4,7-8,16H2,1H3. The molecule has 0 amide bonds. The Labute approximate surface area is 128 Å². The molecule has 0 fully saturated rings. The molecule has 21 heavy (non-hydrogen) atoms. The second-order valence-electron chi connectivity index (χ2n) is 4.57. The lowest BCUT2D eigenvalue weighted by Gasteiger charge is -2.16. The Hall–Kier alpha value is -1.50. The Bertz CT molecular complexity index is 508. The van der Waals surface area contributed by atoms with Crippen LogP contribution in [0.5, 0.6) is 11.5 Å². The van der Waals surface area contributed by atoms with Crippen LogP contribution in [0.25, 0.3) is 0 Å². The summed E-state index contributed by atoms with van der Waals surface area (Å²) in [5, 5.41) is 0.480. The van der Waals surface area contributed by atoms with E-state index in [0.29, 0.717) is 35.3 Å². The second kappa shape index (κ2) is 7.49. The van der Waals surface area contributed by atoms with E-state index in [1.807, 2.05) is 0 Å². The number of halogens is 1. The van der Waals surface area contributed by atoms with E-state index in [1.54, 1.807) is 12.1 Å². The quantitative estimate of drug-likeness (QED) is 0.833. The van der Waals surface area contributed by atoms with Crippen LogP contribution in [0.15, 0.2) is 12.1 Å². The fourth-order valence-corrected chi connectivity index (χ4v) is 2.20. The van der Waals surface area contributed by atoms with Crippen LogP contribution in [0.2, 0.25) is 5.02 Å². The molecule has 1 aliphatic rings. The third-order valence-corrected chi connectivity index (χ3v) is 3.34. The molecular formula is C14H18ClNO5. The van der Waals surface area contributed by atoms with Crippen molar-refractivity contribution in [3.63, 3.8) is 0 Å². The van der Waals surface area contributed by atoms with Gasteiger partial charge in [0, 0.05) is 17.5 Å². The first-order valence-electron chi connectivity index (χ1n) is 6.61. The van der Waals surface area contributed by atoms with Crippen molar-refractivity contribution < 1.29 is 23.7 Å². The Morgan fingerprint density at radius 2 is 2.05 bits per heavy atom. The summed E-state index contributed by atoms with van der Waals surface area (Å²) in [4.78, 5) is 11.0. The van der Waals surface area contributed by atoms with Gasteiger partial charge in [-0.2, -0.15) is 0 Å². The van der Waals surface area contributed by atoms with Crippen LogP contribution in [0.4, 0.5) is 0 Å². The van der Waals surface area contributed by atoms with Gasteiger partial charge in [0.15, 0.2) is 11.5 Å². The van der Waals surface area contributed by atoms with Gasteiger partial charge < -0.3 is 24.7 Å². The molecule has 0 spiro atoms. The van der Waals surface area contributed by atoms with Gasteiger partial charge in [0.2, 0.25) is 0 Å². The molecule has 1 unspecified atom stereocenters. The number of carbonyl (C=O) groups is 1. The Morgan fingerprint density at radius 3 is 2.71 bits per heavy atom. The highest BCUT2D eigenvalue weighted by atomic mass is 35.5. The lowest BCUT2D eigenvalue weighted by molar-refractivity contribution is -0.146. The number of carbonyl (C=O) groups excluding carboxylic acids is 1. The van der Waals surface area contributed by atoms with Gasteiger partial charge in [-0.25, -0.2) is 4.79 Å². The molecule has 1 atom stereocenters. The Morgan fingerprint density at radius 1 is 1.38 bits per heavy atom. The summed E-state index contributed by atoms with van der Waals surface area (Å²) in [5.74, 6) is 0.784. The van der Waals surface area contributed by atoms with Gasteiger partial charge in [-0.15, -0.1) is 0 Å². The molecule has 1 aromatic carbocycles. The van der Waals surface area contributed by atoms with Crippen LogP contribution in [-0.4, -0.2) is 39.5 Å². The van der Waals surface area contributed by atoms with Crippen molar-refractivity contribution >= 4 is 17.6 Å². The molecule has 0 aromatic heterocycles. The fourth-order valence-electron chi connectivity index (χ4n) is 1.90. The van der Waals surface area contributed by atoms with Crippen LogP contribution >= 0.6 is 11.6 Å². The first-order valence-corrected chi connectivity index (χ1v) is 6.98. The smallest absolute Gasteiger partial charge is 0.331 e. The highest BCUT2D eigenvalue weighted by Crippen LogP contribution is 2.36. The largest absolute Gasteiger partial charge is 0.490 e. The van der Waals surface area contributed by atoms with Crippen LogP contribution in [0, 0.1) is 0 Å². The van der Waals surface area contributed by atoms with Gasteiger partial charge >= 0.3 is 5.97 Å². The predicted molar refractivity (Wildman–Crippen MR) is 76.8 cm³/mol. The summed E-state index contributed by atoms with van der Waals surface area (Å²) in [6, 6.07) is 2.98. The van der Waals surface area contributed by atoms with E-state index in [4.69, 9.17) is 31.5 Å². The third-order valence-electron chi connectivity index (χ3n) is 3.01. The molecule has 0 saturated heterocycles. The average molecular weight is 316 g/mol. The van der Waals surface area contributed by atoms with Gasteiger partial charge in [-0.05, 0) is 11.6 Å². The van der Waals surface area contributed by atoms with E-state index in [9.17, 15) is 4.79 Å². The molecule has 0 bridgehead atoms. The lowest BCUT2D eigenvalue weighted by atomic mass is 10.1. The number of benzene rings is 1. The van der Waals surface area contributed by atoms with Crippen molar-refractivity contribution in [1.82, 2.24) is 0 Å². The van der Waals surface area contributed by atoms with E-state index in [0.717, 1.165) is 6.42 Å². The molecule has 0 saturated carbocycles. The molecule has 7 heteroatoms. The van der Waals surface area contributed by atoms with Crippen molar-refractivity contribution in [3.05, 3.63) is 22.7 Å². The van der Waals surface area contributed by atoms with Crippen molar-refractivity contribution in [1.29, 1.82) is 0 Å². The summed E-state index contributed by atoms with van der Waals surface area (Å²) >= 11 is 6.22. The van der Waals surface area contributed by atoms with E-state index in [-0.39, 0.29) is 13.2 Å². The van der Waals surface area contributed by atoms with Gasteiger partial charge in [0.1, 0.15) is 6.61 Å². The number of rotatable bonds is 5. The molecule has 1 aliphatic heterocycles. The Balaban J connectivity index is 2.04. The molecule has 1 aromatic rings. The third kappa shape index (κ3) is 4.23. The monoisotopic (exact) mass is 315 g/mol. The molecule has 2 N–H and O–H groups in total. The zero-order chi connectivity index (χ0) is 15.2. The zero-order valence-electron chi connectivity index (χ0n) is 11.8. The molecule has 1 heterocycles. The van der Waals surface area contributed by atoms with E-state index >= 15 is 0 Å². The van der Waals surface area contributed by atoms with E-state index in [2.05, 4.69) is 4.74 Å². The maximum absolute atomic E-state index is 11.0. The first-order chi connectivity index (χ1) is 10.1. The summed E-state index contributed by atoms with van der Waals surface area (Å²) in [7, 11) is 1.30. The summed E-state index contributed by atoms with van der Waals surface area (Å²) in [6.07, 6.45) is 0.815. The zero-order valence-corrected chi connectivity index (χ0v) is 12.5. The molecular weight excluding hydrogens is 298 g/mol. The number of ether oxygens (including phenoxy) is 4. The van der Waals surface area contributed by atoms with Gasteiger partial charge in [0.25, 0.3) is 0 Å². The maximum atomic E-state index is 11.0. The second-order valence-corrected chi connectivity index (χ2v) is 4.98. The van der Waals surface area contributed by atoms with Crippen LogP contribution < -0.4 is 15.2 Å². The molecule has 0 aliphatic carbocycles. The van der Waals surface area contributed by atoms with Gasteiger partial charge in [0.05, 0.1) is 33.0 Å². The predicted octanol–water partition coefficient (Wildman–Crippen LogP) is 1.69. The van der Waals surface area contributed by atoms with E-state index in [1.165, 1.54) is 7.11 Å². The minimum Gasteiger partial charge on any atom is -0.490 e. The normalized spacial score (nSPS) is 15.2. The number of nitrogens with two attached hydrogens (primary N) is 1. The van der Waals surface area contributed by atoms with Crippen molar-refractivity contribution in [2.45, 2.75) is 12.5 Å². The minimum atomic E-state index is -0.473. The molecule has 0 radical (unpaired) electrons. The fraction of sp³-hybridized carbons (Fsp3) is 0.500. The van der Waals surface area contributed by atoms with E-state index < -0.39 is 12.0 Å². The van der Waals surface area contributed by atoms with Gasteiger partial charge in [-0.3, -0.25) is 0 Å². The Kier molecular flexibility index (Phi) is 5.67. The lowest BCUT2D eigenvalue weighted by Crippen LogP contribution is -2.20. The summed E-state index contributed by atoms with van der Waals surface area (Å²) < 4.78 is 20.8. The molecule has 6 nitrogen and oxygen atoms in total. The number of esters is 1. The average Bonchev–Trinajstić information content (AvgIpc) is 2.70. The molecule has 116 valence electrons. The maximum Gasteiger partial charge on any atom is 0.331 e. The van der Waals surface area contributed by atoms with Crippen molar-refractivity contribution in [2.75, 3.05) is 33.5 Å². The highest BCUT2D eigenvalue weighted by molar-refractivity contribution is 6.31. The topological polar surface area (TPSA) is 80.0 Å². The minimum absolute atomic E-state index is 0.146. The number of hydrogen-bond donors (Lipinski definition) is 1. The van der Waals surface area contributed by atoms with Crippen LogP contribution in [0.3, 0.4) is 0 Å². The number of hydrogen-bond acceptors (Lipinski definition) is 6. The SMILES string of the molecule is COC(=O)COCC(N)c1cc2c(cc1Cl)OCCCO2.